The standard InChI is InChI=1S/C24H28N2O5S/c1-28-13-12-26(23(27)14-18-8-5-4-6-9-18)15-19-17-32-22(25-19)16-31-24-20(29-2)10-7-11-21(24)30-3/h4-11,17H,12-16H2,1-3H3. The molecule has 0 fully saturated rings. The Morgan fingerprint density at radius 2 is 1.72 bits per heavy atom. The Morgan fingerprint density at radius 3 is 2.38 bits per heavy atom. The van der Waals surface area contributed by atoms with Crippen LogP contribution in [-0.4, -0.2) is 50.3 Å². The van der Waals surface area contributed by atoms with Crippen molar-refractivity contribution in [3.05, 3.63) is 70.2 Å². The quantitative estimate of drug-likeness (QED) is 0.411. The summed E-state index contributed by atoms with van der Waals surface area (Å²) < 4.78 is 21.9. The Balaban J connectivity index is 1.64. The molecule has 8 heteroatoms. The molecule has 0 aliphatic carbocycles. The molecule has 2 aromatic carbocycles. The second-order valence-electron chi connectivity index (χ2n) is 6.98. The monoisotopic (exact) mass is 456 g/mol. The molecule has 0 saturated heterocycles. The highest BCUT2D eigenvalue weighted by atomic mass is 32.1. The maximum atomic E-state index is 12.9. The zero-order chi connectivity index (χ0) is 22.8. The van der Waals surface area contributed by atoms with Crippen LogP contribution in [0.1, 0.15) is 16.3 Å². The average Bonchev–Trinajstić information content (AvgIpc) is 3.28. The van der Waals surface area contributed by atoms with E-state index in [1.165, 1.54) is 11.3 Å². The first-order chi connectivity index (χ1) is 15.6. The van der Waals surface area contributed by atoms with E-state index < -0.39 is 0 Å². The number of ether oxygens (including phenoxy) is 4. The number of thiazole rings is 1. The SMILES string of the molecule is COCCN(Cc1csc(COc2c(OC)cccc2OC)n1)C(=O)Cc1ccccc1. The number of carbonyl (C=O) groups excluding carboxylic acids is 1. The van der Waals surface area contributed by atoms with Crippen molar-refractivity contribution in [3.63, 3.8) is 0 Å². The first-order valence-corrected chi connectivity index (χ1v) is 11.1. The van der Waals surface area contributed by atoms with Crippen LogP contribution in [0.15, 0.2) is 53.9 Å². The highest BCUT2D eigenvalue weighted by molar-refractivity contribution is 7.09. The lowest BCUT2D eigenvalue weighted by atomic mass is 10.1. The van der Waals surface area contributed by atoms with E-state index in [0.29, 0.717) is 43.4 Å². The number of hydrogen-bond donors (Lipinski definition) is 0. The Morgan fingerprint density at radius 1 is 1.00 bits per heavy atom. The van der Waals surface area contributed by atoms with Gasteiger partial charge in [0.25, 0.3) is 0 Å². The number of benzene rings is 2. The van der Waals surface area contributed by atoms with E-state index in [4.69, 9.17) is 18.9 Å². The van der Waals surface area contributed by atoms with Crippen LogP contribution in [0.25, 0.3) is 0 Å². The van der Waals surface area contributed by atoms with Gasteiger partial charge in [-0.05, 0) is 17.7 Å². The van der Waals surface area contributed by atoms with Gasteiger partial charge in [-0.15, -0.1) is 11.3 Å². The maximum absolute atomic E-state index is 12.9. The third-order valence-electron chi connectivity index (χ3n) is 4.79. The summed E-state index contributed by atoms with van der Waals surface area (Å²) >= 11 is 1.49. The fraction of sp³-hybridized carbons (Fsp3) is 0.333. The molecule has 7 nitrogen and oxygen atoms in total. The molecule has 0 bridgehead atoms. The second-order valence-corrected chi connectivity index (χ2v) is 7.93. The molecule has 0 aliphatic rings. The molecule has 1 heterocycles. The predicted octanol–water partition coefficient (Wildman–Crippen LogP) is 3.96. The van der Waals surface area contributed by atoms with Crippen molar-refractivity contribution in [2.45, 2.75) is 19.6 Å². The van der Waals surface area contributed by atoms with Crippen molar-refractivity contribution in [1.29, 1.82) is 0 Å². The molecule has 170 valence electrons. The van der Waals surface area contributed by atoms with E-state index >= 15 is 0 Å². The van der Waals surface area contributed by atoms with Crippen molar-refractivity contribution in [2.24, 2.45) is 0 Å². The van der Waals surface area contributed by atoms with Crippen LogP contribution in [0.5, 0.6) is 17.2 Å². The summed E-state index contributed by atoms with van der Waals surface area (Å²) in [6.45, 7) is 1.67. The summed E-state index contributed by atoms with van der Waals surface area (Å²) in [5.41, 5.74) is 1.80. The van der Waals surface area contributed by atoms with Gasteiger partial charge in [-0.1, -0.05) is 36.4 Å². The maximum Gasteiger partial charge on any atom is 0.227 e. The summed E-state index contributed by atoms with van der Waals surface area (Å²) in [5, 5.41) is 2.75. The molecule has 1 amide bonds. The van der Waals surface area contributed by atoms with Crippen molar-refractivity contribution >= 4 is 17.2 Å². The molecule has 1 aromatic heterocycles. The van der Waals surface area contributed by atoms with Crippen molar-refractivity contribution in [3.8, 4) is 17.2 Å². The predicted molar refractivity (Wildman–Crippen MR) is 123 cm³/mol. The zero-order valence-corrected chi connectivity index (χ0v) is 19.4. The molecular formula is C24H28N2O5S. The van der Waals surface area contributed by atoms with E-state index in [0.717, 1.165) is 16.3 Å². The minimum atomic E-state index is 0.0396. The fourth-order valence-electron chi connectivity index (χ4n) is 3.15. The molecule has 32 heavy (non-hydrogen) atoms. The Kier molecular flexibility index (Phi) is 8.89. The summed E-state index contributed by atoms with van der Waals surface area (Å²) in [7, 11) is 4.80. The smallest absolute Gasteiger partial charge is 0.227 e. The lowest BCUT2D eigenvalue weighted by Crippen LogP contribution is -2.34. The van der Waals surface area contributed by atoms with Gasteiger partial charge in [-0.3, -0.25) is 4.79 Å². The highest BCUT2D eigenvalue weighted by Gasteiger charge is 2.17. The number of para-hydroxylation sites is 1. The first-order valence-electron chi connectivity index (χ1n) is 10.2. The third kappa shape index (κ3) is 6.45. The summed E-state index contributed by atoms with van der Waals surface area (Å²) in [5.74, 6) is 1.77. The van der Waals surface area contributed by atoms with Crippen molar-refractivity contribution in [1.82, 2.24) is 9.88 Å². The van der Waals surface area contributed by atoms with Crippen LogP contribution in [-0.2, 0) is 29.1 Å². The van der Waals surface area contributed by atoms with Gasteiger partial charge in [0, 0.05) is 19.0 Å². The van der Waals surface area contributed by atoms with Crippen LogP contribution in [0.3, 0.4) is 0 Å². The Bertz CT molecular complexity index is 971. The van der Waals surface area contributed by atoms with E-state index in [1.54, 1.807) is 26.2 Å². The zero-order valence-electron chi connectivity index (χ0n) is 18.6. The van der Waals surface area contributed by atoms with Gasteiger partial charge in [0.15, 0.2) is 11.5 Å². The molecule has 0 radical (unpaired) electrons. The minimum absolute atomic E-state index is 0.0396. The number of rotatable bonds is 12. The molecule has 3 aromatic rings. The molecule has 0 saturated carbocycles. The molecule has 0 spiro atoms. The van der Waals surface area contributed by atoms with E-state index in [2.05, 4.69) is 4.98 Å². The van der Waals surface area contributed by atoms with Gasteiger partial charge in [-0.25, -0.2) is 4.98 Å². The fourth-order valence-corrected chi connectivity index (χ4v) is 3.85. The van der Waals surface area contributed by atoms with Gasteiger partial charge in [0.1, 0.15) is 11.6 Å². The number of carbonyl (C=O) groups is 1. The first kappa shape index (κ1) is 23.6. The number of nitrogens with zero attached hydrogens (tertiary/aromatic N) is 2. The number of hydrogen-bond acceptors (Lipinski definition) is 7. The molecule has 0 atom stereocenters. The lowest BCUT2D eigenvalue weighted by molar-refractivity contribution is -0.131. The normalized spacial score (nSPS) is 10.6. The molecule has 0 unspecified atom stereocenters. The number of methoxy groups -OCH3 is 3. The van der Waals surface area contributed by atoms with Gasteiger partial charge in [0.05, 0.1) is 39.5 Å². The van der Waals surface area contributed by atoms with Gasteiger partial charge >= 0.3 is 0 Å². The van der Waals surface area contributed by atoms with Crippen LogP contribution in [0.2, 0.25) is 0 Å². The van der Waals surface area contributed by atoms with Gasteiger partial charge in [0.2, 0.25) is 11.7 Å². The average molecular weight is 457 g/mol. The van der Waals surface area contributed by atoms with Gasteiger partial charge in [-0.2, -0.15) is 0 Å². The summed E-state index contributed by atoms with van der Waals surface area (Å²) in [6.07, 6.45) is 0.345. The second kappa shape index (κ2) is 12.1. The van der Waals surface area contributed by atoms with E-state index in [1.807, 2.05) is 53.9 Å². The molecule has 3 rings (SSSR count). The lowest BCUT2D eigenvalue weighted by Gasteiger charge is -2.21. The summed E-state index contributed by atoms with van der Waals surface area (Å²) in [6, 6.07) is 15.2. The highest BCUT2D eigenvalue weighted by Crippen LogP contribution is 2.37. The topological polar surface area (TPSA) is 70.1 Å². The Labute approximate surface area is 192 Å². The number of aromatic nitrogens is 1. The van der Waals surface area contributed by atoms with Crippen LogP contribution < -0.4 is 14.2 Å². The Hall–Kier alpha value is -3.10. The minimum Gasteiger partial charge on any atom is -0.493 e. The van der Waals surface area contributed by atoms with Crippen LogP contribution in [0.4, 0.5) is 0 Å². The van der Waals surface area contributed by atoms with E-state index in [9.17, 15) is 4.79 Å². The third-order valence-corrected chi connectivity index (χ3v) is 5.66. The largest absolute Gasteiger partial charge is 0.493 e. The number of amides is 1. The summed E-state index contributed by atoms with van der Waals surface area (Å²) in [4.78, 5) is 19.3. The molecule has 0 N–H and O–H groups in total. The molecule has 0 aliphatic heterocycles. The van der Waals surface area contributed by atoms with Crippen LogP contribution in [0, 0.1) is 0 Å². The van der Waals surface area contributed by atoms with Crippen molar-refractivity contribution < 1.29 is 23.7 Å². The van der Waals surface area contributed by atoms with Crippen LogP contribution >= 0.6 is 11.3 Å². The molecular weight excluding hydrogens is 428 g/mol. The van der Waals surface area contributed by atoms with Crippen molar-refractivity contribution in [2.75, 3.05) is 34.5 Å². The van der Waals surface area contributed by atoms with E-state index in [-0.39, 0.29) is 12.5 Å². The van der Waals surface area contributed by atoms with Gasteiger partial charge < -0.3 is 23.8 Å².